The molecule has 0 spiro atoms. The molecule has 2 rings (SSSR count). The van der Waals surface area contributed by atoms with Crippen molar-refractivity contribution in [2.45, 2.75) is 6.92 Å². The van der Waals surface area contributed by atoms with Crippen LogP contribution in [0.25, 0.3) is 0 Å². The Labute approximate surface area is 98.4 Å². The van der Waals surface area contributed by atoms with Crippen molar-refractivity contribution >= 4 is 17.7 Å². The largest absolute Gasteiger partial charge is 0.478 e. The van der Waals surface area contributed by atoms with Crippen molar-refractivity contribution in [1.82, 2.24) is 5.32 Å². The van der Waals surface area contributed by atoms with E-state index in [4.69, 9.17) is 5.11 Å². The van der Waals surface area contributed by atoms with Crippen LogP contribution in [-0.2, 0) is 4.79 Å². The number of anilines is 1. The maximum absolute atomic E-state index is 11.8. The molecule has 0 aromatic heterocycles. The van der Waals surface area contributed by atoms with Crippen LogP contribution in [0.4, 0.5) is 10.5 Å². The molecule has 0 saturated heterocycles. The summed E-state index contributed by atoms with van der Waals surface area (Å²) in [6.45, 7) is 1.69. The average molecular weight is 232 g/mol. The highest BCUT2D eigenvalue weighted by atomic mass is 16.4. The van der Waals surface area contributed by atoms with Crippen molar-refractivity contribution in [1.29, 1.82) is 0 Å². The molecule has 1 heterocycles. The molecule has 2 N–H and O–H groups in total. The molecule has 0 saturated carbocycles. The molecule has 5 nitrogen and oxygen atoms in total. The Hall–Kier alpha value is -2.30. The summed E-state index contributed by atoms with van der Waals surface area (Å²) in [5.41, 5.74) is 1.31. The van der Waals surface area contributed by atoms with E-state index < -0.39 is 5.97 Å². The minimum atomic E-state index is -1.01. The van der Waals surface area contributed by atoms with E-state index in [1.165, 1.54) is 4.90 Å². The predicted octanol–water partition coefficient (Wildman–Crippen LogP) is 1.57. The van der Waals surface area contributed by atoms with Crippen LogP contribution in [0.15, 0.2) is 41.6 Å². The van der Waals surface area contributed by atoms with Crippen LogP contribution in [0.3, 0.4) is 0 Å². The topological polar surface area (TPSA) is 69.6 Å². The number of carboxylic acids is 1. The van der Waals surface area contributed by atoms with Crippen LogP contribution >= 0.6 is 0 Å². The fraction of sp³-hybridized carbons (Fsp3) is 0.167. The zero-order chi connectivity index (χ0) is 12.4. The molecule has 17 heavy (non-hydrogen) atoms. The van der Waals surface area contributed by atoms with Crippen molar-refractivity contribution < 1.29 is 14.7 Å². The maximum atomic E-state index is 11.8. The van der Waals surface area contributed by atoms with Gasteiger partial charge in [0.2, 0.25) is 0 Å². The zero-order valence-corrected chi connectivity index (χ0v) is 9.30. The Bertz CT molecular complexity index is 494. The van der Waals surface area contributed by atoms with Gasteiger partial charge in [-0.25, -0.2) is 9.59 Å². The minimum absolute atomic E-state index is 0.0589. The second-order valence-electron chi connectivity index (χ2n) is 3.70. The van der Waals surface area contributed by atoms with E-state index in [1.807, 2.05) is 6.07 Å². The van der Waals surface area contributed by atoms with Gasteiger partial charge in [0.15, 0.2) is 0 Å². The molecule has 1 aliphatic rings. The first-order valence-electron chi connectivity index (χ1n) is 5.17. The number of hydrogen-bond acceptors (Lipinski definition) is 2. The minimum Gasteiger partial charge on any atom is -0.478 e. The molecular weight excluding hydrogens is 220 g/mol. The fourth-order valence-corrected chi connectivity index (χ4v) is 1.78. The van der Waals surface area contributed by atoms with Gasteiger partial charge in [-0.1, -0.05) is 18.2 Å². The number of nitrogens with one attached hydrogen (secondary N) is 1. The van der Waals surface area contributed by atoms with Crippen molar-refractivity contribution in [3.63, 3.8) is 0 Å². The quantitative estimate of drug-likeness (QED) is 0.813. The summed E-state index contributed by atoms with van der Waals surface area (Å²) in [6, 6.07) is 8.64. The number of benzene rings is 1. The Balaban J connectivity index is 2.47. The standard InChI is InChI=1S/C12H12N2O3/c1-8-10(11(15)16)7-13-12(17)14(8)9-5-3-2-4-6-9/h2-6H,7H2,1H3,(H,13,17)(H,15,16). The van der Waals surface area contributed by atoms with Gasteiger partial charge < -0.3 is 10.4 Å². The molecule has 2 amide bonds. The van der Waals surface area contributed by atoms with E-state index in [1.54, 1.807) is 31.2 Å². The van der Waals surface area contributed by atoms with E-state index >= 15 is 0 Å². The van der Waals surface area contributed by atoms with Crippen molar-refractivity contribution in [2.75, 3.05) is 11.4 Å². The Morgan fingerprint density at radius 1 is 1.35 bits per heavy atom. The second-order valence-corrected chi connectivity index (χ2v) is 3.70. The maximum Gasteiger partial charge on any atom is 0.335 e. The molecular formula is C12H12N2O3. The lowest BCUT2D eigenvalue weighted by molar-refractivity contribution is -0.132. The summed E-state index contributed by atoms with van der Waals surface area (Å²) < 4.78 is 0. The van der Waals surface area contributed by atoms with Crippen LogP contribution in [0.2, 0.25) is 0 Å². The highest BCUT2D eigenvalue weighted by Gasteiger charge is 2.27. The van der Waals surface area contributed by atoms with Crippen LogP contribution in [0.1, 0.15) is 6.92 Å². The molecule has 0 radical (unpaired) electrons. The third-order valence-corrected chi connectivity index (χ3v) is 2.66. The first kappa shape index (κ1) is 11.2. The number of nitrogens with zero attached hydrogens (tertiary/aromatic N) is 1. The lowest BCUT2D eigenvalue weighted by atomic mass is 10.1. The van der Waals surface area contributed by atoms with Crippen molar-refractivity contribution in [3.05, 3.63) is 41.6 Å². The van der Waals surface area contributed by atoms with Gasteiger partial charge in [-0.05, 0) is 19.1 Å². The first-order valence-corrected chi connectivity index (χ1v) is 5.17. The smallest absolute Gasteiger partial charge is 0.335 e. The van der Waals surface area contributed by atoms with Gasteiger partial charge in [0.05, 0.1) is 17.8 Å². The van der Waals surface area contributed by atoms with Gasteiger partial charge in [-0.3, -0.25) is 4.90 Å². The highest BCUT2D eigenvalue weighted by Crippen LogP contribution is 2.23. The molecule has 0 bridgehead atoms. The molecule has 5 heteroatoms. The summed E-state index contributed by atoms with van der Waals surface area (Å²) >= 11 is 0. The number of allylic oxidation sites excluding steroid dienone is 1. The number of carbonyl (C=O) groups is 2. The molecule has 0 fully saturated rings. The van der Waals surface area contributed by atoms with Crippen LogP contribution in [0.5, 0.6) is 0 Å². The Morgan fingerprint density at radius 2 is 2.00 bits per heavy atom. The third kappa shape index (κ3) is 1.99. The molecule has 88 valence electrons. The molecule has 1 aromatic carbocycles. The first-order chi connectivity index (χ1) is 8.11. The second kappa shape index (κ2) is 4.29. The number of rotatable bonds is 2. The van der Waals surface area contributed by atoms with Crippen LogP contribution in [-0.4, -0.2) is 23.7 Å². The number of amides is 2. The number of carboxylic acid groups (broad SMARTS) is 1. The number of carbonyl (C=O) groups excluding carboxylic acids is 1. The Kier molecular flexibility index (Phi) is 2.82. The Morgan fingerprint density at radius 3 is 2.59 bits per heavy atom. The van der Waals surface area contributed by atoms with Crippen LogP contribution in [0, 0.1) is 0 Å². The van der Waals surface area contributed by atoms with Crippen LogP contribution < -0.4 is 10.2 Å². The molecule has 0 unspecified atom stereocenters. The third-order valence-electron chi connectivity index (χ3n) is 2.66. The summed E-state index contributed by atoms with van der Waals surface area (Å²) in [4.78, 5) is 24.1. The number of para-hydroxylation sites is 1. The lowest BCUT2D eigenvalue weighted by Crippen LogP contribution is -2.46. The van der Waals surface area contributed by atoms with E-state index in [2.05, 4.69) is 5.32 Å². The van der Waals surface area contributed by atoms with Gasteiger partial charge in [-0.2, -0.15) is 0 Å². The number of hydrogen-bond donors (Lipinski definition) is 2. The van der Waals surface area contributed by atoms with E-state index in [0.29, 0.717) is 11.4 Å². The number of urea groups is 1. The summed E-state index contributed by atoms with van der Waals surface area (Å²) in [5, 5.41) is 11.6. The van der Waals surface area contributed by atoms with Crippen molar-refractivity contribution in [3.8, 4) is 0 Å². The van der Waals surface area contributed by atoms with Gasteiger partial charge in [0.25, 0.3) is 0 Å². The van der Waals surface area contributed by atoms with Gasteiger partial charge in [0, 0.05) is 5.70 Å². The SMILES string of the molecule is CC1=C(C(=O)O)CNC(=O)N1c1ccccc1. The fourth-order valence-electron chi connectivity index (χ4n) is 1.78. The summed E-state index contributed by atoms with van der Waals surface area (Å²) in [7, 11) is 0. The zero-order valence-electron chi connectivity index (χ0n) is 9.30. The highest BCUT2D eigenvalue weighted by molar-refractivity contribution is 6.01. The van der Waals surface area contributed by atoms with E-state index in [-0.39, 0.29) is 18.1 Å². The normalized spacial score (nSPS) is 15.8. The van der Waals surface area contributed by atoms with Gasteiger partial charge in [0.1, 0.15) is 0 Å². The van der Waals surface area contributed by atoms with E-state index in [9.17, 15) is 9.59 Å². The number of aliphatic carboxylic acids is 1. The molecule has 0 aliphatic carbocycles. The van der Waals surface area contributed by atoms with Gasteiger partial charge in [-0.15, -0.1) is 0 Å². The molecule has 1 aromatic rings. The summed E-state index contributed by atoms with van der Waals surface area (Å²) in [5.74, 6) is -1.01. The summed E-state index contributed by atoms with van der Waals surface area (Å²) in [6.07, 6.45) is 0. The average Bonchev–Trinajstić information content (AvgIpc) is 2.30. The lowest BCUT2D eigenvalue weighted by Gasteiger charge is -2.29. The van der Waals surface area contributed by atoms with E-state index in [0.717, 1.165) is 0 Å². The van der Waals surface area contributed by atoms with Gasteiger partial charge >= 0.3 is 12.0 Å². The predicted molar refractivity (Wildman–Crippen MR) is 62.7 cm³/mol. The molecule has 1 aliphatic heterocycles. The molecule has 0 atom stereocenters. The van der Waals surface area contributed by atoms with Crippen molar-refractivity contribution in [2.24, 2.45) is 0 Å². The monoisotopic (exact) mass is 232 g/mol.